The van der Waals surface area contributed by atoms with Crippen molar-refractivity contribution < 1.29 is 4.79 Å². The van der Waals surface area contributed by atoms with E-state index in [0.717, 1.165) is 18.5 Å². The molecule has 0 fully saturated rings. The summed E-state index contributed by atoms with van der Waals surface area (Å²) in [7, 11) is 0. The van der Waals surface area contributed by atoms with E-state index in [1.165, 1.54) is 5.56 Å². The molecule has 0 saturated carbocycles. The van der Waals surface area contributed by atoms with Crippen molar-refractivity contribution in [2.24, 2.45) is 5.73 Å². The highest BCUT2D eigenvalue weighted by molar-refractivity contribution is 5.80. The van der Waals surface area contributed by atoms with Crippen molar-refractivity contribution in [3.63, 3.8) is 0 Å². The minimum absolute atomic E-state index is 0.125. The van der Waals surface area contributed by atoms with Gasteiger partial charge in [-0.15, -0.1) is 0 Å². The van der Waals surface area contributed by atoms with E-state index < -0.39 is 0 Å². The Labute approximate surface area is 84.1 Å². The molecule has 3 heteroatoms. The monoisotopic (exact) mass is 192 g/mol. The van der Waals surface area contributed by atoms with Crippen LogP contribution in [0.3, 0.4) is 0 Å². The van der Waals surface area contributed by atoms with Crippen LogP contribution >= 0.6 is 0 Å². The number of carbonyl (C=O) groups excluding carboxylic acids is 1. The van der Waals surface area contributed by atoms with Crippen molar-refractivity contribution in [2.45, 2.75) is 19.3 Å². The van der Waals surface area contributed by atoms with Crippen LogP contribution in [0.5, 0.6) is 0 Å². The van der Waals surface area contributed by atoms with Crippen LogP contribution in [0.4, 0.5) is 5.69 Å². The Bertz CT molecular complexity index is 293. The molecule has 1 rings (SSSR count). The number of hydrogen-bond donors (Lipinski definition) is 2. The average Bonchev–Trinajstić information content (AvgIpc) is 2.21. The minimum Gasteiger partial charge on any atom is -0.399 e. The van der Waals surface area contributed by atoms with Gasteiger partial charge in [-0.2, -0.15) is 0 Å². The Kier molecular flexibility index (Phi) is 4.13. The largest absolute Gasteiger partial charge is 0.399 e. The van der Waals surface area contributed by atoms with Crippen LogP contribution in [-0.4, -0.2) is 12.3 Å². The molecule has 76 valence electrons. The van der Waals surface area contributed by atoms with Crippen LogP contribution in [0.25, 0.3) is 0 Å². The summed E-state index contributed by atoms with van der Waals surface area (Å²) in [6.07, 6.45) is 2.34. The lowest BCUT2D eigenvalue weighted by Crippen LogP contribution is -2.13. The Morgan fingerprint density at radius 3 is 2.43 bits per heavy atom. The van der Waals surface area contributed by atoms with Crippen LogP contribution in [0.2, 0.25) is 0 Å². The first-order valence-corrected chi connectivity index (χ1v) is 4.78. The number of anilines is 1. The molecule has 0 atom stereocenters. The fraction of sp³-hybridized carbons (Fsp3) is 0.364. The standard InChI is InChI=1S/C11H16N2O/c12-8-11(14)3-1-2-9-4-6-10(13)7-5-9/h4-7H,1-3,8,12-13H2. The molecule has 0 radical (unpaired) electrons. The molecular formula is C11H16N2O. The van der Waals surface area contributed by atoms with Gasteiger partial charge in [-0.1, -0.05) is 12.1 Å². The predicted octanol–water partition coefficient (Wildman–Crippen LogP) is 1.12. The predicted molar refractivity (Wildman–Crippen MR) is 57.9 cm³/mol. The second-order valence-electron chi connectivity index (χ2n) is 3.34. The van der Waals surface area contributed by atoms with Gasteiger partial charge in [0.1, 0.15) is 5.78 Å². The summed E-state index contributed by atoms with van der Waals surface area (Å²) in [5, 5.41) is 0. The molecule has 0 saturated heterocycles. The highest BCUT2D eigenvalue weighted by Gasteiger charge is 1.98. The number of rotatable bonds is 5. The summed E-state index contributed by atoms with van der Waals surface area (Å²) >= 11 is 0. The lowest BCUT2D eigenvalue weighted by atomic mass is 10.1. The first-order chi connectivity index (χ1) is 6.72. The number of carbonyl (C=O) groups is 1. The SMILES string of the molecule is NCC(=O)CCCc1ccc(N)cc1. The normalized spacial score (nSPS) is 10.1. The first-order valence-electron chi connectivity index (χ1n) is 4.78. The second kappa shape index (κ2) is 5.40. The maximum atomic E-state index is 10.9. The Balaban J connectivity index is 2.31. The molecule has 0 aliphatic heterocycles. The summed E-state index contributed by atoms with van der Waals surface area (Å²) in [6.45, 7) is 0.155. The highest BCUT2D eigenvalue weighted by atomic mass is 16.1. The molecular weight excluding hydrogens is 176 g/mol. The van der Waals surface area contributed by atoms with Crippen molar-refractivity contribution in [3.8, 4) is 0 Å². The Hall–Kier alpha value is -1.35. The Morgan fingerprint density at radius 1 is 1.21 bits per heavy atom. The van der Waals surface area contributed by atoms with Gasteiger partial charge in [-0.3, -0.25) is 4.79 Å². The van der Waals surface area contributed by atoms with E-state index in [-0.39, 0.29) is 12.3 Å². The number of Topliss-reactive ketones (excluding diaryl/α,β-unsaturated/α-hetero) is 1. The van der Waals surface area contributed by atoms with Gasteiger partial charge < -0.3 is 11.5 Å². The number of nitrogens with two attached hydrogens (primary N) is 2. The van der Waals surface area contributed by atoms with Gasteiger partial charge in [0.2, 0.25) is 0 Å². The van der Waals surface area contributed by atoms with Crippen LogP contribution < -0.4 is 11.5 Å². The van der Waals surface area contributed by atoms with Crippen LogP contribution in [0.15, 0.2) is 24.3 Å². The molecule has 0 aliphatic rings. The van der Waals surface area contributed by atoms with E-state index in [0.29, 0.717) is 6.42 Å². The number of benzene rings is 1. The van der Waals surface area contributed by atoms with E-state index in [2.05, 4.69) is 0 Å². The van der Waals surface area contributed by atoms with E-state index >= 15 is 0 Å². The van der Waals surface area contributed by atoms with Gasteiger partial charge in [0, 0.05) is 12.1 Å². The third-order valence-corrected chi connectivity index (χ3v) is 2.13. The molecule has 1 aromatic rings. The number of nitrogen functional groups attached to an aromatic ring is 1. The van der Waals surface area contributed by atoms with E-state index in [9.17, 15) is 4.79 Å². The molecule has 0 heterocycles. The number of hydrogen-bond acceptors (Lipinski definition) is 3. The zero-order chi connectivity index (χ0) is 10.4. The fourth-order valence-electron chi connectivity index (χ4n) is 1.28. The lowest BCUT2D eigenvalue weighted by Gasteiger charge is -2.00. The summed E-state index contributed by atoms with van der Waals surface area (Å²) in [4.78, 5) is 10.9. The van der Waals surface area contributed by atoms with Gasteiger partial charge in [0.15, 0.2) is 0 Å². The fourth-order valence-corrected chi connectivity index (χ4v) is 1.28. The van der Waals surface area contributed by atoms with Crippen molar-refractivity contribution >= 4 is 11.5 Å². The summed E-state index contributed by atoms with van der Waals surface area (Å²) in [6, 6.07) is 7.73. The lowest BCUT2D eigenvalue weighted by molar-refractivity contribution is -0.117. The molecule has 0 bridgehead atoms. The van der Waals surface area contributed by atoms with Crippen LogP contribution in [-0.2, 0) is 11.2 Å². The van der Waals surface area contributed by atoms with E-state index in [4.69, 9.17) is 11.5 Å². The van der Waals surface area contributed by atoms with Crippen molar-refractivity contribution in [2.75, 3.05) is 12.3 Å². The Morgan fingerprint density at radius 2 is 1.86 bits per heavy atom. The topological polar surface area (TPSA) is 69.1 Å². The van der Waals surface area contributed by atoms with Gasteiger partial charge in [-0.25, -0.2) is 0 Å². The van der Waals surface area contributed by atoms with Crippen molar-refractivity contribution in [1.82, 2.24) is 0 Å². The first kappa shape index (κ1) is 10.7. The van der Waals surface area contributed by atoms with Gasteiger partial charge in [0.05, 0.1) is 6.54 Å². The zero-order valence-electron chi connectivity index (χ0n) is 8.20. The van der Waals surface area contributed by atoms with Crippen LogP contribution in [0, 0.1) is 0 Å². The van der Waals surface area contributed by atoms with Crippen molar-refractivity contribution in [3.05, 3.63) is 29.8 Å². The van der Waals surface area contributed by atoms with Gasteiger partial charge in [0.25, 0.3) is 0 Å². The third-order valence-electron chi connectivity index (χ3n) is 2.13. The number of aryl methyl sites for hydroxylation is 1. The summed E-state index contributed by atoms with van der Waals surface area (Å²) in [5.74, 6) is 0.125. The molecule has 0 spiro atoms. The maximum Gasteiger partial charge on any atom is 0.146 e. The van der Waals surface area contributed by atoms with E-state index in [1.807, 2.05) is 24.3 Å². The average molecular weight is 192 g/mol. The van der Waals surface area contributed by atoms with Gasteiger partial charge >= 0.3 is 0 Å². The van der Waals surface area contributed by atoms with E-state index in [1.54, 1.807) is 0 Å². The third kappa shape index (κ3) is 3.58. The smallest absolute Gasteiger partial charge is 0.146 e. The molecule has 0 aliphatic carbocycles. The quantitative estimate of drug-likeness (QED) is 0.687. The summed E-state index contributed by atoms with van der Waals surface area (Å²) < 4.78 is 0. The van der Waals surface area contributed by atoms with Crippen molar-refractivity contribution in [1.29, 1.82) is 0 Å². The van der Waals surface area contributed by atoms with Crippen LogP contribution in [0.1, 0.15) is 18.4 Å². The zero-order valence-corrected chi connectivity index (χ0v) is 8.20. The number of ketones is 1. The molecule has 14 heavy (non-hydrogen) atoms. The summed E-state index contributed by atoms with van der Waals surface area (Å²) in [5.41, 5.74) is 12.7. The minimum atomic E-state index is 0.125. The molecule has 4 N–H and O–H groups in total. The molecule has 3 nitrogen and oxygen atoms in total. The molecule has 1 aromatic carbocycles. The van der Waals surface area contributed by atoms with Gasteiger partial charge in [-0.05, 0) is 30.5 Å². The molecule has 0 amide bonds. The highest BCUT2D eigenvalue weighted by Crippen LogP contribution is 2.08. The maximum absolute atomic E-state index is 10.9. The molecule has 0 unspecified atom stereocenters. The molecule has 0 aromatic heterocycles. The second-order valence-corrected chi connectivity index (χ2v) is 3.34.